The van der Waals surface area contributed by atoms with E-state index in [0.717, 1.165) is 43.4 Å². The number of carboxylic acids is 1. The first-order valence-corrected chi connectivity index (χ1v) is 12.2. The predicted octanol–water partition coefficient (Wildman–Crippen LogP) is 7.11. The van der Waals surface area contributed by atoms with Crippen LogP contribution in [0.15, 0.2) is 35.2 Å². The van der Waals surface area contributed by atoms with Crippen molar-refractivity contribution in [3.8, 4) is 10.6 Å². The minimum absolute atomic E-state index is 0.135. The van der Waals surface area contributed by atoms with E-state index >= 15 is 0 Å². The number of aryl methyl sites for hydroxylation is 2. The predicted molar refractivity (Wildman–Crippen MR) is 123 cm³/mol. The Kier molecular flexibility index (Phi) is 6.47. The third kappa shape index (κ3) is 5.20. The van der Waals surface area contributed by atoms with Crippen molar-refractivity contribution < 1.29 is 27.5 Å². The highest BCUT2D eigenvalue weighted by molar-refractivity contribution is 7.98. The summed E-state index contributed by atoms with van der Waals surface area (Å²) in [5.41, 5.74) is 1.48. The third-order valence-corrected chi connectivity index (χ3v) is 8.17. The van der Waals surface area contributed by atoms with E-state index in [9.17, 15) is 22.4 Å². The lowest BCUT2D eigenvalue weighted by Gasteiger charge is -2.08. The zero-order valence-electron chi connectivity index (χ0n) is 17.3. The van der Waals surface area contributed by atoms with E-state index in [0.29, 0.717) is 21.3 Å². The van der Waals surface area contributed by atoms with Gasteiger partial charge in [0.2, 0.25) is 0 Å². The lowest BCUT2D eigenvalue weighted by Crippen LogP contribution is -2.07. The Bertz CT molecular complexity index is 1360. The topological polar surface area (TPSA) is 63.1 Å². The molecule has 0 aliphatic carbocycles. The number of aliphatic carboxylic acids is 1. The second kappa shape index (κ2) is 9.03. The average molecular weight is 513 g/mol. The van der Waals surface area contributed by atoms with E-state index in [4.69, 9.17) is 5.11 Å². The number of fused-ring (bicyclic) bond motifs is 1. The summed E-state index contributed by atoms with van der Waals surface area (Å²) < 4.78 is 53.4. The molecule has 4 rings (SSSR count). The zero-order valence-corrected chi connectivity index (χ0v) is 19.7. The van der Waals surface area contributed by atoms with E-state index in [1.165, 1.54) is 40.5 Å². The van der Waals surface area contributed by atoms with E-state index in [1.807, 2.05) is 19.1 Å². The minimum atomic E-state index is -4.75. The van der Waals surface area contributed by atoms with Gasteiger partial charge in [0.15, 0.2) is 0 Å². The number of aromatic nitrogens is 2. The van der Waals surface area contributed by atoms with Crippen LogP contribution in [-0.2, 0) is 23.1 Å². The first-order valence-electron chi connectivity index (χ1n) is 9.59. The number of thiazole rings is 2. The Morgan fingerprint density at radius 2 is 1.88 bits per heavy atom. The molecule has 11 heteroatoms. The van der Waals surface area contributed by atoms with Gasteiger partial charge in [-0.05, 0) is 43.7 Å². The van der Waals surface area contributed by atoms with Gasteiger partial charge in [-0.25, -0.2) is 14.4 Å². The molecule has 2 aromatic heterocycles. The molecule has 0 fully saturated rings. The maximum atomic E-state index is 14.0. The molecule has 4 aromatic rings. The van der Waals surface area contributed by atoms with Crippen LogP contribution < -0.4 is 0 Å². The molecule has 2 heterocycles. The van der Waals surface area contributed by atoms with Gasteiger partial charge in [-0.1, -0.05) is 6.07 Å². The Balaban J connectivity index is 1.58. The van der Waals surface area contributed by atoms with E-state index in [-0.39, 0.29) is 6.42 Å². The van der Waals surface area contributed by atoms with Crippen molar-refractivity contribution >= 4 is 50.6 Å². The van der Waals surface area contributed by atoms with Crippen LogP contribution in [0.25, 0.3) is 20.8 Å². The van der Waals surface area contributed by atoms with Crippen LogP contribution in [0.1, 0.15) is 26.7 Å². The summed E-state index contributed by atoms with van der Waals surface area (Å²) in [6.07, 6.45) is -4.88. The van der Waals surface area contributed by atoms with Crippen molar-refractivity contribution in [2.75, 3.05) is 0 Å². The molecule has 0 amide bonds. The first-order chi connectivity index (χ1) is 15.5. The number of halogens is 4. The molecular weight excluding hydrogens is 496 g/mol. The Morgan fingerprint density at radius 1 is 1.12 bits per heavy atom. The van der Waals surface area contributed by atoms with Gasteiger partial charge in [-0.2, -0.15) is 13.2 Å². The van der Waals surface area contributed by atoms with E-state index in [1.54, 1.807) is 6.92 Å². The molecule has 0 saturated carbocycles. The van der Waals surface area contributed by atoms with Gasteiger partial charge in [0.05, 0.1) is 27.9 Å². The number of carbonyl (C=O) groups is 1. The van der Waals surface area contributed by atoms with Crippen LogP contribution in [0, 0.1) is 19.7 Å². The average Bonchev–Trinajstić information content (AvgIpc) is 3.27. The van der Waals surface area contributed by atoms with Crippen LogP contribution in [0.2, 0.25) is 0 Å². The number of nitrogens with zero attached hydrogens (tertiary/aromatic N) is 2. The SMILES string of the molecule is Cc1cc(SCc2sc(-c3ccc(C(F)(F)F)c(F)c3)nc2C)c2nc(CC(=O)O)sc2c1. The molecule has 0 saturated heterocycles. The monoisotopic (exact) mass is 512 g/mol. The Labute approximate surface area is 198 Å². The molecule has 0 radical (unpaired) electrons. The normalized spacial score (nSPS) is 11.9. The summed E-state index contributed by atoms with van der Waals surface area (Å²) >= 11 is 4.18. The van der Waals surface area contributed by atoms with Gasteiger partial charge in [0.1, 0.15) is 15.8 Å². The second-order valence-electron chi connectivity index (χ2n) is 7.30. The quantitative estimate of drug-likeness (QED) is 0.220. The number of alkyl halides is 3. The molecule has 4 nitrogen and oxygen atoms in total. The van der Waals surface area contributed by atoms with E-state index < -0.39 is 23.5 Å². The van der Waals surface area contributed by atoms with Gasteiger partial charge in [0.25, 0.3) is 0 Å². The van der Waals surface area contributed by atoms with Crippen LogP contribution in [0.4, 0.5) is 17.6 Å². The van der Waals surface area contributed by atoms with Crippen molar-refractivity contribution in [3.05, 3.63) is 62.9 Å². The molecule has 0 aliphatic heterocycles. The molecule has 0 spiro atoms. The highest BCUT2D eigenvalue weighted by Crippen LogP contribution is 2.38. The highest BCUT2D eigenvalue weighted by Gasteiger charge is 2.34. The molecule has 1 N–H and O–H groups in total. The Morgan fingerprint density at radius 3 is 2.55 bits per heavy atom. The van der Waals surface area contributed by atoms with Gasteiger partial charge in [-0.3, -0.25) is 4.79 Å². The molecule has 172 valence electrons. The molecule has 0 unspecified atom stereocenters. The lowest BCUT2D eigenvalue weighted by atomic mass is 10.1. The van der Waals surface area contributed by atoms with Crippen LogP contribution in [-0.4, -0.2) is 21.0 Å². The summed E-state index contributed by atoms with van der Waals surface area (Å²) in [6.45, 7) is 3.76. The first kappa shape index (κ1) is 23.7. The summed E-state index contributed by atoms with van der Waals surface area (Å²) in [6, 6.07) is 6.78. The summed E-state index contributed by atoms with van der Waals surface area (Å²) in [5, 5.41) is 10.0. The van der Waals surface area contributed by atoms with Crippen LogP contribution >= 0.6 is 34.4 Å². The van der Waals surface area contributed by atoms with Crippen molar-refractivity contribution in [1.82, 2.24) is 9.97 Å². The molecule has 2 aromatic carbocycles. The number of carboxylic acid groups (broad SMARTS) is 1. The number of hydrogen-bond acceptors (Lipinski definition) is 6. The molecule has 0 aliphatic rings. The summed E-state index contributed by atoms with van der Waals surface area (Å²) in [4.78, 5) is 21.8. The molecule has 33 heavy (non-hydrogen) atoms. The Hall–Kier alpha value is -2.50. The molecule has 0 atom stereocenters. The fourth-order valence-corrected chi connectivity index (χ4v) is 6.67. The van der Waals surface area contributed by atoms with Crippen molar-refractivity contribution in [2.45, 2.75) is 37.1 Å². The molecule has 0 bridgehead atoms. The van der Waals surface area contributed by atoms with Crippen molar-refractivity contribution in [1.29, 1.82) is 0 Å². The second-order valence-corrected chi connectivity index (χ2v) is 10.5. The van der Waals surface area contributed by atoms with E-state index in [2.05, 4.69) is 9.97 Å². The fraction of sp³-hybridized carbons (Fsp3) is 0.227. The number of hydrogen-bond donors (Lipinski definition) is 1. The lowest BCUT2D eigenvalue weighted by molar-refractivity contribution is -0.140. The number of thioether (sulfide) groups is 1. The number of benzene rings is 2. The van der Waals surface area contributed by atoms with Gasteiger partial charge >= 0.3 is 12.1 Å². The van der Waals surface area contributed by atoms with Gasteiger partial charge in [0, 0.05) is 21.1 Å². The largest absolute Gasteiger partial charge is 0.481 e. The van der Waals surface area contributed by atoms with Crippen molar-refractivity contribution in [2.24, 2.45) is 0 Å². The fourth-order valence-electron chi connectivity index (χ4n) is 3.20. The maximum Gasteiger partial charge on any atom is 0.419 e. The number of rotatable bonds is 6. The highest BCUT2D eigenvalue weighted by atomic mass is 32.2. The van der Waals surface area contributed by atoms with Crippen LogP contribution in [0.3, 0.4) is 0 Å². The summed E-state index contributed by atoms with van der Waals surface area (Å²) in [7, 11) is 0. The molecular formula is C22H16F4N2O2S3. The smallest absolute Gasteiger partial charge is 0.419 e. The van der Waals surface area contributed by atoms with Gasteiger partial charge < -0.3 is 5.11 Å². The van der Waals surface area contributed by atoms with Crippen LogP contribution in [0.5, 0.6) is 0 Å². The minimum Gasteiger partial charge on any atom is -0.481 e. The van der Waals surface area contributed by atoms with Gasteiger partial charge in [-0.15, -0.1) is 34.4 Å². The van der Waals surface area contributed by atoms with Crippen molar-refractivity contribution in [3.63, 3.8) is 0 Å². The summed E-state index contributed by atoms with van der Waals surface area (Å²) in [5.74, 6) is -1.73. The zero-order chi connectivity index (χ0) is 23.9. The standard InChI is InChI=1S/C22H16F4N2O2S3/c1-10-5-15(20-16(6-10)32-18(28-20)8-19(29)30)31-9-17-11(2)27-21(33-17)12-3-4-13(14(23)7-12)22(24,25)26/h3-7H,8-9H2,1-2H3,(H,29,30). The maximum absolute atomic E-state index is 14.0. The third-order valence-electron chi connectivity index (χ3n) is 4.72.